The number of fused-ring (bicyclic) bond motifs is 3. The van der Waals surface area contributed by atoms with E-state index < -0.39 is 11.4 Å². The summed E-state index contributed by atoms with van der Waals surface area (Å²) >= 11 is 6.60. The summed E-state index contributed by atoms with van der Waals surface area (Å²) in [6.07, 6.45) is 5.57. The molecule has 6 nitrogen and oxygen atoms in total. The van der Waals surface area contributed by atoms with Crippen molar-refractivity contribution >= 4 is 22.6 Å². The van der Waals surface area contributed by atoms with Gasteiger partial charge >= 0.3 is 0 Å². The fraction of sp³-hybridized carbons (Fsp3) is 0.400. The molecule has 1 saturated carbocycles. The second kappa shape index (κ2) is 9.34. The summed E-state index contributed by atoms with van der Waals surface area (Å²) in [5, 5.41) is 19.0. The maximum Gasteiger partial charge on any atom is 0.151 e. The smallest absolute Gasteiger partial charge is 0.151 e. The van der Waals surface area contributed by atoms with Gasteiger partial charge in [-0.3, -0.25) is 4.90 Å². The Morgan fingerprint density at radius 2 is 1.90 bits per heavy atom. The highest BCUT2D eigenvalue weighted by Gasteiger charge is 2.44. The lowest BCUT2D eigenvalue weighted by Crippen LogP contribution is -2.41. The summed E-state index contributed by atoms with van der Waals surface area (Å²) in [6, 6.07) is 15.0. The molecule has 2 aliphatic heterocycles. The predicted molar refractivity (Wildman–Crippen MR) is 147 cm³/mol. The number of rotatable bonds is 6. The van der Waals surface area contributed by atoms with E-state index in [9.17, 15) is 9.50 Å². The van der Waals surface area contributed by atoms with Gasteiger partial charge in [-0.05, 0) is 85.0 Å². The minimum atomic E-state index is -0.863. The number of aromatic nitrogens is 3. The van der Waals surface area contributed by atoms with Crippen molar-refractivity contribution < 1.29 is 13.9 Å². The second-order valence-electron chi connectivity index (χ2n) is 11.5. The monoisotopic (exact) mass is 549 g/mol. The van der Waals surface area contributed by atoms with E-state index in [-0.39, 0.29) is 29.0 Å². The first-order chi connectivity index (χ1) is 18.8. The van der Waals surface area contributed by atoms with Crippen LogP contribution in [-0.4, -0.2) is 48.7 Å². The Morgan fingerprint density at radius 1 is 1.05 bits per heavy atom. The van der Waals surface area contributed by atoms with Crippen LogP contribution in [0.2, 0.25) is 5.02 Å². The summed E-state index contributed by atoms with van der Waals surface area (Å²) in [6.45, 7) is 0.957. The Labute approximate surface area is 230 Å². The van der Waals surface area contributed by atoms with Gasteiger partial charge in [0, 0.05) is 30.2 Å². The van der Waals surface area contributed by atoms with Gasteiger partial charge in [-0.15, -0.1) is 5.10 Å². The molecule has 0 unspecified atom stereocenters. The molecule has 4 aromatic rings. The van der Waals surface area contributed by atoms with Crippen LogP contribution in [0, 0.1) is 11.6 Å². The highest BCUT2D eigenvalue weighted by Crippen LogP contribution is 2.42. The van der Waals surface area contributed by atoms with Gasteiger partial charge in [-0.1, -0.05) is 41.1 Å². The summed E-state index contributed by atoms with van der Waals surface area (Å²) < 4.78 is 31.8. The number of hydrogen-bond donors (Lipinski definition) is 2. The molecule has 3 atom stereocenters. The first-order valence-electron chi connectivity index (χ1n) is 13.6. The lowest BCUT2D eigenvalue weighted by Gasteiger charge is -2.36. The molecule has 39 heavy (non-hydrogen) atoms. The Hall–Kier alpha value is -2.91. The second-order valence-corrected chi connectivity index (χ2v) is 11.9. The Bertz CT molecular complexity index is 1590. The van der Waals surface area contributed by atoms with Crippen LogP contribution < -0.4 is 5.73 Å². The van der Waals surface area contributed by atoms with Crippen molar-refractivity contribution in [1.29, 1.82) is 0 Å². The van der Waals surface area contributed by atoms with Crippen LogP contribution in [0.4, 0.5) is 8.78 Å². The Kier molecular flexibility index (Phi) is 6.00. The number of benzene rings is 3. The molecule has 7 rings (SSSR count). The molecule has 1 aliphatic carbocycles. The number of hydrogen-bond acceptors (Lipinski definition) is 5. The van der Waals surface area contributed by atoms with Gasteiger partial charge in [0.15, 0.2) is 5.82 Å². The molecule has 1 aromatic heterocycles. The van der Waals surface area contributed by atoms with Crippen molar-refractivity contribution in [3.63, 3.8) is 0 Å². The molecular formula is C30H30ClF2N5O. The Balaban J connectivity index is 1.32. The number of halogens is 3. The zero-order valence-corrected chi connectivity index (χ0v) is 22.2. The van der Waals surface area contributed by atoms with Crippen LogP contribution in [0.15, 0.2) is 48.5 Å². The van der Waals surface area contributed by atoms with Gasteiger partial charge in [0.25, 0.3) is 0 Å². The van der Waals surface area contributed by atoms with Crippen LogP contribution in [-0.2, 0) is 13.1 Å². The first-order valence-corrected chi connectivity index (χ1v) is 14.0. The molecule has 3 fully saturated rings. The van der Waals surface area contributed by atoms with Gasteiger partial charge in [-0.2, -0.15) is 0 Å². The van der Waals surface area contributed by atoms with E-state index in [0.29, 0.717) is 52.6 Å². The van der Waals surface area contributed by atoms with Crippen LogP contribution in [0.5, 0.6) is 0 Å². The quantitative estimate of drug-likeness (QED) is 0.324. The molecule has 3 aliphatic rings. The van der Waals surface area contributed by atoms with Crippen LogP contribution in [0.1, 0.15) is 44.1 Å². The van der Waals surface area contributed by atoms with Crippen molar-refractivity contribution in [2.24, 2.45) is 5.73 Å². The SMILES string of the molecule is N[C@H]1C[C@H]2CC[C@@H]1N2Cc1ccc(-c2cc3nnn(CC4(O)CCC4)c3c(Cl)c2F)c(-c2cccc(F)c2)c1. The van der Waals surface area contributed by atoms with Gasteiger partial charge in [0.1, 0.15) is 21.9 Å². The lowest BCUT2D eigenvalue weighted by atomic mass is 9.80. The van der Waals surface area contributed by atoms with E-state index >= 15 is 4.39 Å². The topological polar surface area (TPSA) is 80.2 Å². The third-order valence-corrected chi connectivity index (χ3v) is 9.36. The molecule has 0 amide bonds. The molecule has 3 heterocycles. The molecule has 3 N–H and O–H groups in total. The van der Waals surface area contributed by atoms with E-state index in [1.54, 1.807) is 12.1 Å². The van der Waals surface area contributed by atoms with Crippen molar-refractivity contribution in [1.82, 2.24) is 19.9 Å². The van der Waals surface area contributed by atoms with E-state index in [1.165, 1.54) is 16.8 Å². The van der Waals surface area contributed by atoms with Gasteiger partial charge in [0.2, 0.25) is 0 Å². The fourth-order valence-electron chi connectivity index (χ4n) is 6.83. The van der Waals surface area contributed by atoms with Crippen LogP contribution in [0.3, 0.4) is 0 Å². The Morgan fingerprint density at radius 3 is 2.59 bits per heavy atom. The lowest BCUT2D eigenvalue weighted by molar-refractivity contribution is -0.0492. The van der Waals surface area contributed by atoms with Crippen molar-refractivity contribution in [3.8, 4) is 22.3 Å². The van der Waals surface area contributed by atoms with Crippen LogP contribution >= 0.6 is 11.6 Å². The van der Waals surface area contributed by atoms with Crippen molar-refractivity contribution in [2.45, 2.75) is 75.3 Å². The predicted octanol–water partition coefficient (Wildman–Crippen LogP) is 5.68. The van der Waals surface area contributed by atoms with Crippen LogP contribution in [0.25, 0.3) is 33.3 Å². The summed E-state index contributed by atoms with van der Waals surface area (Å²) in [7, 11) is 0. The number of nitrogens with two attached hydrogens (primary N) is 1. The normalized spacial score (nSPS) is 24.0. The molecule has 202 valence electrons. The zero-order chi connectivity index (χ0) is 26.9. The van der Waals surface area contributed by atoms with E-state index in [1.807, 2.05) is 24.3 Å². The van der Waals surface area contributed by atoms with Gasteiger partial charge in [-0.25, -0.2) is 13.5 Å². The summed E-state index contributed by atoms with van der Waals surface area (Å²) in [4.78, 5) is 2.48. The van der Waals surface area contributed by atoms with E-state index in [2.05, 4.69) is 15.2 Å². The van der Waals surface area contributed by atoms with Gasteiger partial charge < -0.3 is 10.8 Å². The minimum Gasteiger partial charge on any atom is -0.388 e. The standard InChI is InChI=1S/C30H30ClF2N5O/c31-27-28(33)23(14-25-29(27)38(36-35-25)16-30(39)9-2-10-30)21-7-5-17(11-22(21)18-3-1-4-19(32)12-18)15-37-20-6-8-26(37)24(34)13-20/h1,3-5,7,11-12,14,20,24,26,39H,2,6,8-10,13,15-16,34H2/t20-,24+,26+/m1/s1. The third kappa shape index (κ3) is 4.25. The highest BCUT2D eigenvalue weighted by atomic mass is 35.5. The average Bonchev–Trinajstić information content (AvgIpc) is 3.57. The molecule has 9 heteroatoms. The maximum absolute atomic E-state index is 16.0. The largest absolute Gasteiger partial charge is 0.388 e. The number of nitrogens with zero attached hydrogens (tertiary/aromatic N) is 4. The maximum atomic E-state index is 16.0. The van der Waals surface area contributed by atoms with Gasteiger partial charge in [0.05, 0.1) is 12.1 Å². The van der Waals surface area contributed by atoms with Crippen molar-refractivity contribution in [3.05, 3.63) is 70.8 Å². The zero-order valence-electron chi connectivity index (χ0n) is 21.5. The third-order valence-electron chi connectivity index (χ3n) is 9.01. The average molecular weight is 550 g/mol. The molecular weight excluding hydrogens is 520 g/mol. The summed E-state index contributed by atoms with van der Waals surface area (Å²) in [5.41, 5.74) is 9.61. The van der Waals surface area contributed by atoms with E-state index in [0.717, 1.165) is 37.8 Å². The highest BCUT2D eigenvalue weighted by molar-refractivity contribution is 6.35. The first kappa shape index (κ1) is 25.1. The minimum absolute atomic E-state index is 0.0904. The molecule has 2 bridgehead atoms. The molecule has 2 saturated heterocycles. The number of aliphatic hydroxyl groups is 1. The van der Waals surface area contributed by atoms with E-state index in [4.69, 9.17) is 17.3 Å². The molecule has 3 aromatic carbocycles. The van der Waals surface area contributed by atoms with Crippen molar-refractivity contribution in [2.75, 3.05) is 0 Å². The molecule has 0 radical (unpaired) electrons. The summed E-state index contributed by atoms with van der Waals surface area (Å²) in [5.74, 6) is -0.958. The molecule has 0 spiro atoms. The fourth-order valence-corrected chi connectivity index (χ4v) is 7.12.